The molecule has 8 heteroatoms. The molecule has 0 spiro atoms. The van der Waals surface area contributed by atoms with Gasteiger partial charge in [0.25, 0.3) is 0 Å². The number of carbonyl (C=O) groups excluding carboxylic acids is 1. The standard InChI is InChI=1S/C22H28N2O6/c1-6-29-19-12-11-16(13-20(19)27-4)15(2)21(30-23)17-9-7-8-10-18(17)24(14-26-3)22(25)28-5/h7-13H,6,14,23H2,1-5H3. The Morgan fingerprint density at radius 3 is 2.40 bits per heavy atom. The maximum Gasteiger partial charge on any atom is 0.415 e. The molecule has 0 aliphatic heterocycles. The zero-order chi connectivity index (χ0) is 22.1. The highest BCUT2D eigenvalue weighted by molar-refractivity contribution is 5.96. The van der Waals surface area contributed by atoms with Crippen LogP contribution in [0.1, 0.15) is 25.0 Å². The molecule has 0 atom stereocenters. The number of benzene rings is 2. The van der Waals surface area contributed by atoms with Crippen LogP contribution in [0.15, 0.2) is 42.5 Å². The number of allylic oxidation sites excluding steroid dienone is 1. The number of hydrogen-bond acceptors (Lipinski definition) is 7. The summed E-state index contributed by atoms with van der Waals surface area (Å²) in [4.78, 5) is 18.9. The topological polar surface area (TPSA) is 92.5 Å². The van der Waals surface area contributed by atoms with Gasteiger partial charge < -0.3 is 23.8 Å². The molecule has 0 aliphatic rings. The van der Waals surface area contributed by atoms with Crippen LogP contribution >= 0.6 is 0 Å². The van der Waals surface area contributed by atoms with E-state index in [0.717, 1.165) is 11.1 Å². The molecule has 0 unspecified atom stereocenters. The zero-order valence-electron chi connectivity index (χ0n) is 17.9. The number of hydrogen-bond donors (Lipinski definition) is 1. The van der Waals surface area contributed by atoms with E-state index in [2.05, 4.69) is 0 Å². The van der Waals surface area contributed by atoms with Crippen LogP contribution in [-0.4, -0.2) is 40.8 Å². The molecular weight excluding hydrogens is 388 g/mol. The van der Waals surface area contributed by atoms with E-state index in [4.69, 9.17) is 29.7 Å². The van der Waals surface area contributed by atoms with Gasteiger partial charge in [0.05, 0.1) is 26.5 Å². The first-order valence-corrected chi connectivity index (χ1v) is 9.34. The number of nitrogens with two attached hydrogens (primary N) is 1. The second-order valence-corrected chi connectivity index (χ2v) is 6.20. The van der Waals surface area contributed by atoms with Gasteiger partial charge >= 0.3 is 6.09 Å². The summed E-state index contributed by atoms with van der Waals surface area (Å²) in [7, 11) is 4.38. The van der Waals surface area contributed by atoms with Crippen molar-refractivity contribution >= 4 is 23.1 Å². The summed E-state index contributed by atoms with van der Waals surface area (Å²) in [6, 6.07) is 12.7. The highest BCUT2D eigenvalue weighted by atomic mass is 16.6. The Hall–Kier alpha value is -3.23. The third kappa shape index (κ3) is 5.03. The van der Waals surface area contributed by atoms with Crippen molar-refractivity contribution in [1.82, 2.24) is 0 Å². The summed E-state index contributed by atoms with van der Waals surface area (Å²) < 4.78 is 21.1. The lowest BCUT2D eigenvalue weighted by atomic mass is 10.0. The monoisotopic (exact) mass is 416 g/mol. The number of para-hydroxylation sites is 1. The second-order valence-electron chi connectivity index (χ2n) is 6.20. The molecule has 2 rings (SSSR count). The molecule has 30 heavy (non-hydrogen) atoms. The summed E-state index contributed by atoms with van der Waals surface area (Å²) in [6.45, 7) is 4.30. The molecule has 2 N–H and O–H groups in total. The van der Waals surface area contributed by atoms with Crippen LogP contribution in [0.25, 0.3) is 11.3 Å². The fourth-order valence-electron chi connectivity index (χ4n) is 3.02. The Morgan fingerprint density at radius 2 is 1.80 bits per heavy atom. The maximum atomic E-state index is 12.3. The first kappa shape index (κ1) is 23.1. The van der Waals surface area contributed by atoms with Crippen molar-refractivity contribution in [2.45, 2.75) is 13.8 Å². The van der Waals surface area contributed by atoms with Crippen LogP contribution in [-0.2, 0) is 14.3 Å². The molecule has 1 amide bonds. The lowest BCUT2D eigenvalue weighted by Gasteiger charge is -2.24. The molecular formula is C22H28N2O6. The Bertz CT molecular complexity index is 897. The fraction of sp³-hybridized carbons (Fsp3) is 0.318. The molecule has 0 aromatic heterocycles. The first-order chi connectivity index (χ1) is 14.5. The van der Waals surface area contributed by atoms with Gasteiger partial charge in [0.15, 0.2) is 17.3 Å². The summed E-state index contributed by atoms with van der Waals surface area (Å²) in [5.74, 6) is 7.29. The zero-order valence-corrected chi connectivity index (χ0v) is 17.9. The smallest absolute Gasteiger partial charge is 0.415 e. The largest absolute Gasteiger partial charge is 0.493 e. The lowest BCUT2D eigenvalue weighted by Crippen LogP contribution is -2.33. The van der Waals surface area contributed by atoms with Crippen molar-refractivity contribution in [3.63, 3.8) is 0 Å². The average molecular weight is 416 g/mol. The highest BCUT2D eigenvalue weighted by Crippen LogP contribution is 2.36. The molecule has 0 heterocycles. The number of carbonyl (C=O) groups is 1. The predicted octanol–water partition coefficient (Wildman–Crippen LogP) is 4.05. The van der Waals surface area contributed by atoms with Gasteiger partial charge in [-0.2, -0.15) is 5.90 Å². The molecule has 0 saturated heterocycles. The fourth-order valence-corrected chi connectivity index (χ4v) is 3.02. The minimum Gasteiger partial charge on any atom is -0.493 e. The van der Waals surface area contributed by atoms with E-state index in [9.17, 15) is 4.79 Å². The molecule has 2 aromatic rings. The molecule has 0 bridgehead atoms. The van der Waals surface area contributed by atoms with Gasteiger partial charge in [-0.1, -0.05) is 18.2 Å². The van der Waals surface area contributed by atoms with Crippen LogP contribution in [0.2, 0.25) is 0 Å². The van der Waals surface area contributed by atoms with Crippen LogP contribution in [0.4, 0.5) is 10.5 Å². The van der Waals surface area contributed by atoms with Gasteiger partial charge in [-0.05, 0) is 43.7 Å². The first-order valence-electron chi connectivity index (χ1n) is 9.34. The third-order valence-electron chi connectivity index (χ3n) is 4.45. The van der Waals surface area contributed by atoms with Crippen LogP contribution in [0, 0.1) is 0 Å². The van der Waals surface area contributed by atoms with Crippen molar-refractivity contribution < 1.29 is 28.6 Å². The number of ether oxygens (including phenoxy) is 4. The molecule has 0 radical (unpaired) electrons. The molecule has 0 fully saturated rings. The van der Waals surface area contributed by atoms with Crippen molar-refractivity contribution in [2.75, 3.05) is 39.6 Å². The molecule has 2 aromatic carbocycles. The summed E-state index contributed by atoms with van der Waals surface area (Å²) in [5.41, 5.74) is 2.70. The van der Waals surface area contributed by atoms with E-state index in [1.165, 1.54) is 19.1 Å². The van der Waals surface area contributed by atoms with Crippen molar-refractivity contribution in [2.24, 2.45) is 5.90 Å². The Balaban J connectivity index is 2.61. The van der Waals surface area contributed by atoms with Gasteiger partial charge in [0, 0.05) is 18.2 Å². The van der Waals surface area contributed by atoms with Crippen LogP contribution in [0.3, 0.4) is 0 Å². The van der Waals surface area contributed by atoms with Crippen LogP contribution in [0.5, 0.6) is 11.5 Å². The van der Waals surface area contributed by atoms with Gasteiger partial charge in [-0.15, -0.1) is 0 Å². The Labute approximate surface area is 176 Å². The van der Waals surface area contributed by atoms with E-state index in [1.54, 1.807) is 25.3 Å². The van der Waals surface area contributed by atoms with Gasteiger partial charge in [0.1, 0.15) is 6.73 Å². The molecule has 8 nitrogen and oxygen atoms in total. The lowest BCUT2D eigenvalue weighted by molar-refractivity contribution is 0.153. The minimum absolute atomic E-state index is 0.00252. The molecule has 0 saturated carbocycles. The Morgan fingerprint density at radius 1 is 1.07 bits per heavy atom. The molecule has 162 valence electrons. The van der Waals surface area contributed by atoms with E-state index >= 15 is 0 Å². The van der Waals surface area contributed by atoms with Crippen molar-refractivity contribution in [1.29, 1.82) is 0 Å². The predicted molar refractivity (Wildman–Crippen MR) is 115 cm³/mol. The van der Waals surface area contributed by atoms with Crippen molar-refractivity contribution in [3.8, 4) is 11.5 Å². The quantitative estimate of drug-likeness (QED) is 0.285. The minimum atomic E-state index is -0.568. The molecule has 0 aliphatic carbocycles. The number of rotatable bonds is 9. The van der Waals surface area contributed by atoms with E-state index < -0.39 is 6.09 Å². The van der Waals surface area contributed by atoms with E-state index in [1.807, 2.05) is 38.1 Å². The van der Waals surface area contributed by atoms with Crippen LogP contribution < -0.4 is 20.3 Å². The number of amides is 1. The van der Waals surface area contributed by atoms with Gasteiger partial charge in [-0.25, -0.2) is 4.79 Å². The van der Waals surface area contributed by atoms with E-state index in [0.29, 0.717) is 35.1 Å². The highest BCUT2D eigenvalue weighted by Gasteiger charge is 2.23. The summed E-state index contributed by atoms with van der Waals surface area (Å²) in [6.07, 6.45) is -0.568. The van der Waals surface area contributed by atoms with E-state index in [-0.39, 0.29) is 6.73 Å². The summed E-state index contributed by atoms with van der Waals surface area (Å²) in [5, 5.41) is 0. The van der Waals surface area contributed by atoms with Gasteiger partial charge in [0.2, 0.25) is 0 Å². The average Bonchev–Trinajstić information content (AvgIpc) is 2.78. The number of nitrogens with zero attached hydrogens (tertiary/aromatic N) is 1. The number of anilines is 1. The Kier molecular flexibility index (Phi) is 8.52. The number of methoxy groups -OCH3 is 3. The van der Waals surface area contributed by atoms with Crippen molar-refractivity contribution in [3.05, 3.63) is 53.6 Å². The summed E-state index contributed by atoms with van der Waals surface area (Å²) >= 11 is 0. The maximum absolute atomic E-state index is 12.3. The second kappa shape index (κ2) is 11.1. The SMILES string of the molecule is CCOc1ccc(C(C)=C(ON)c2ccccc2N(COC)C(=O)OC)cc1OC. The normalized spacial score (nSPS) is 11.4. The van der Waals surface area contributed by atoms with Gasteiger partial charge in [-0.3, -0.25) is 4.90 Å². The third-order valence-corrected chi connectivity index (χ3v) is 4.45.